The zero-order valence-corrected chi connectivity index (χ0v) is 9.97. The number of benzene rings is 1. The fourth-order valence-corrected chi connectivity index (χ4v) is 1.78. The Morgan fingerprint density at radius 3 is 2.94 bits per heavy atom. The maximum absolute atomic E-state index is 5.61. The Hall–Kier alpha value is -1.81. The van der Waals surface area contributed by atoms with Crippen LogP contribution < -0.4 is 10.5 Å². The molecule has 17 heavy (non-hydrogen) atoms. The summed E-state index contributed by atoms with van der Waals surface area (Å²) in [7, 11) is 0. The third kappa shape index (κ3) is 2.65. The quantitative estimate of drug-likeness (QED) is 0.853. The summed E-state index contributed by atoms with van der Waals surface area (Å²) in [6.45, 7) is 3.24. The van der Waals surface area contributed by atoms with Gasteiger partial charge in [0.25, 0.3) is 0 Å². The Kier molecular flexibility index (Phi) is 3.77. The fourth-order valence-electron chi connectivity index (χ4n) is 1.78. The van der Waals surface area contributed by atoms with Gasteiger partial charge in [-0.05, 0) is 31.5 Å². The van der Waals surface area contributed by atoms with Crippen molar-refractivity contribution in [2.24, 2.45) is 5.73 Å². The minimum atomic E-state index is 0.636. The Bertz CT molecular complexity index is 479. The highest BCUT2D eigenvalue weighted by Gasteiger charge is 2.05. The molecule has 0 amide bonds. The van der Waals surface area contributed by atoms with Crippen LogP contribution in [0.3, 0.4) is 0 Å². The third-order valence-electron chi connectivity index (χ3n) is 2.52. The number of para-hydroxylation sites is 1. The zero-order chi connectivity index (χ0) is 12.1. The van der Waals surface area contributed by atoms with Crippen LogP contribution in [0.25, 0.3) is 5.69 Å². The van der Waals surface area contributed by atoms with E-state index in [4.69, 9.17) is 10.5 Å². The predicted molar refractivity (Wildman–Crippen MR) is 67.5 cm³/mol. The Labute approximate surface area is 101 Å². The van der Waals surface area contributed by atoms with Gasteiger partial charge in [0.05, 0.1) is 24.7 Å². The standard InChI is InChI=1S/C13H17N3O/c1-2-17-12-9-15-16(10-12)13-6-4-3-5-11(13)7-8-14/h3-6,9-10H,2,7-8,14H2,1H3. The van der Waals surface area contributed by atoms with Crippen molar-refractivity contribution >= 4 is 0 Å². The summed E-state index contributed by atoms with van der Waals surface area (Å²) in [5, 5.41) is 4.30. The van der Waals surface area contributed by atoms with Gasteiger partial charge < -0.3 is 10.5 Å². The van der Waals surface area contributed by atoms with Crippen LogP contribution in [0.1, 0.15) is 12.5 Å². The molecule has 2 aromatic rings. The first-order valence-electron chi connectivity index (χ1n) is 5.81. The monoisotopic (exact) mass is 231 g/mol. The summed E-state index contributed by atoms with van der Waals surface area (Å²) in [5.41, 5.74) is 7.86. The molecule has 0 aliphatic carbocycles. The van der Waals surface area contributed by atoms with Crippen LogP contribution in [-0.4, -0.2) is 22.9 Å². The summed E-state index contributed by atoms with van der Waals surface area (Å²) in [6, 6.07) is 8.12. The van der Waals surface area contributed by atoms with Crippen LogP contribution in [0.15, 0.2) is 36.7 Å². The van der Waals surface area contributed by atoms with E-state index in [0.29, 0.717) is 13.2 Å². The molecule has 4 heteroatoms. The van der Waals surface area contributed by atoms with E-state index in [9.17, 15) is 0 Å². The second-order valence-electron chi connectivity index (χ2n) is 3.72. The highest BCUT2D eigenvalue weighted by atomic mass is 16.5. The zero-order valence-electron chi connectivity index (χ0n) is 9.97. The van der Waals surface area contributed by atoms with Gasteiger partial charge in [0.1, 0.15) is 0 Å². The van der Waals surface area contributed by atoms with Gasteiger partial charge in [0, 0.05) is 0 Å². The molecule has 0 saturated carbocycles. The molecule has 0 radical (unpaired) electrons. The Balaban J connectivity index is 2.31. The van der Waals surface area contributed by atoms with Gasteiger partial charge in [0.15, 0.2) is 5.75 Å². The largest absolute Gasteiger partial charge is 0.491 e. The lowest BCUT2D eigenvalue weighted by Crippen LogP contribution is -2.07. The highest BCUT2D eigenvalue weighted by Crippen LogP contribution is 2.17. The molecule has 2 rings (SSSR count). The second-order valence-corrected chi connectivity index (χ2v) is 3.72. The van der Waals surface area contributed by atoms with Crippen LogP contribution in [0.4, 0.5) is 0 Å². The summed E-state index contributed by atoms with van der Waals surface area (Å²) >= 11 is 0. The molecule has 0 atom stereocenters. The predicted octanol–water partition coefficient (Wildman–Crippen LogP) is 1.77. The molecule has 1 heterocycles. The average Bonchev–Trinajstić information content (AvgIpc) is 2.79. The molecule has 0 bridgehead atoms. The van der Waals surface area contributed by atoms with Gasteiger partial charge in [-0.1, -0.05) is 18.2 Å². The second kappa shape index (κ2) is 5.50. The molecular weight excluding hydrogens is 214 g/mol. The number of rotatable bonds is 5. The van der Waals surface area contributed by atoms with Crippen LogP contribution in [0.5, 0.6) is 5.75 Å². The molecule has 4 nitrogen and oxygen atoms in total. The Morgan fingerprint density at radius 1 is 1.35 bits per heavy atom. The van der Waals surface area contributed by atoms with Crippen molar-refractivity contribution in [3.63, 3.8) is 0 Å². The molecule has 2 N–H and O–H groups in total. The molecule has 0 aliphatic heterocycles. The third-order valence-corrected chi connectivity index (χ3v) is 2.52. The van der Waals surface area contributed by atoms with E-state index in [-0.39, 0.29) is 0 Å². The summed E-state index contributed by atoms with van der Waals surface area (Å²) in [6.07, 6.45) is 4.46. The molecule has 0 unspecified atom stereocenters. The number of hydrogen-bond donors (Lipinski definition) is 1. The van der Waals surface area contributed by atoms with Crippen molar-refractivity contribution in [2.45, 2.75) is 13.3 Å². The number of aromatic nitrogens is 2. The molecule has 1 aromatic carbocycles. The van der Waals surface area contributed by atoms with E-state index >= 15 is 0 Å². The molecule has 1 aromatic heterocycles. The van der Waals surface area contributed by atoms with Crippen LogP contribution in [0, 0.1) is 0 Å². The van der Waals surface area contributed by atoms with E-state index in [2.05, 4.69) is 11.2 Å². The van der Waals surface area contributed by atoms with Crippen molar-refractivity contribution in [3.05, 3.63) is 42.2 Å². The lowest BCUT2D eigenvalue weighted by atomic mass is 10.1. The van der Waals surface area contributed by atoms with Crippen LogP contribution >= 0.6 is 0 Å². The first kappa shape index (κ1) is 11.7. The first-order valence-corrected chi connectivity index (χ1v) is 5.81. The number of nitrogens with zero attached hydrogens (tertiary/aromatic N) is 2. The minimum absolute atomic E-state index is 0.636. The minimum Gasteiger partial charge on any atom is -0.491 e. The van der Waals surface area contributed by atoms with Crippen LogP contribution in [0.2, 0.25) is 0 Å². The highest BCUT2D eigenvalue weighted by molar-refractivity contribution is 5.41. The molecular formula is C13H17N3O. The normalized spacial score (nSPS) is 10.5. The lowest BCUT2D eigenvalue weighted by molar-refractivity contribution is 0.340. The fraction of sp³-hybridized carbons (Fsp3) is 0.308. The molecule has 0 saturated heterocycles. The summed E-state index contributed by atoms with van der Waals surface area (Å²) < 4.78 is 7.23. The van der Waals surface area contributed by atoms with Gasteiger partial charge >= 0.3 is 0 Å². The maximum atomic E-state index is 5.61. The van der Waals surface area contributed by atoms with Gasteiger partial charge in [-0.15, -0.1) is 0 Å². The molecule has 0 fully saturated rings. The van der Waals surface area contributed by atoms with Crippen LogP contribution in [-0.2, 0) is 6.42 Å². The number of nitrogens with two attached hydrogens (primary N) is 1. The van der Waals surface area contributed by atoms with E-state index in [0.717, 1.165) is 17.9 Å². The van der Waals surface area contributed by atoms with Gasteiger partial charge in [-0.2, -0.15) is 5.10 Å². The van der Waals surface area contributed by atoms with Crippen molar-refractivity contribution in [2.75, 3.05) is 13.2 Å². The number of ether oxygens (including phenoxy) is 1. The van der Waals surface area contributed by atoms with Crippen molar-refractivity contribution in [1.29, 1.82) is 0 Å². The van der Waals surface area contributed by atoms with Gasteiger partial charge in [-0.3, -0.25) is 0 Å². The average molecular weight is 231 g/mol. The smallest absolute Gasteiger partial charge is 0.157 e. The van der Waals surface area contributed by atoms with Crippen molar-refractivity contribution < 1.29 is 4.74 Å². The van der Waals surface area contributed by atoms with Crippen molar-refractivity contribution in [1.82, 2.24) is 9.78 Å². The number of hydrogen-bond acceptors (Lipinski definition) is 3. The van der Waals surface area contributed by atoms with Gasteiger partial charge in [-0.25, -0.2) is 4.68 Å². The topological polar surface area (TPSA) is 53.1 Å². The van der Waals surface area contributed by atoms with Gasteiger partial charge in [0.2, 0.25) is 0 Å². The maximum Gasteiger partial charge on any atom is 0.157 e. The van der Waals surface area contributed by atoms with E-state index < -0.39 is 0 Å². The van der Waals surface area contributed by atoms with E-state index in [1.807, 2.05) is 36.0 Å². The van der Waals surface area contributed by atoms with E-state index in [1.54, 1.807) is 6.20 Å². The van der Waals surface area contributed by atoms with Crippen molar-refractivity contribution in [3.8, 4) is 11.4 Å². The Morgan fingerprint density at radius 2 is 2.18 bits per heavy atom. The first-order chi connectivity index (χ1) is 8.35. The molecule has 0 spiro atoms. The molecule has 90 valence electrons. The SMILES string of the molecule is CCOc1cnn(-c2ccccc2CCN)c1. The molecule has 0 aliphatic rings. The van der Waals surface area contributed by atoms with E-state index in [1.165, 1.54) is 5.56 Å². The lowest BCUT2D eigenvalue weighted by Gasteiger charge is -2.07. The summed E-state index contributed by atoms with van der Waals surface area (Å²) in [4.78, 5) is 0. The summed E-state index contributed by atoms with van der Waals surface area (Å²) in [5.74, 6) is 0.787.